The third kappa shape index (κ3) is 5.65. The Morgan fingerprint density at radius 1 is 0.958 bits per heavy atom. The number of ether oxygens (including phenoxy) is 3. The molecule has 2 aromatic carbocycles. The Morgan fingerprint density at radius 2 is 1.58 bits per heavy atom. The van der Waals surface area contributed by atoms with E-state index in [2.05, 4.69) is 6.58 Å². The Hall–Kier alpha value is -3.01. The molecule has 0 aromatic heterocycles. The minimum atomic E-state index is -0.406. The van der Waals surface area contributed by atoms with Gasteiger partial charge in [-0.15, -0.1) is 0 Å². The molecular formula is C20H20O4. The third-order valence-corrected chi connectivity index (χ3v) is 3.24. The zero-order valence-corrected chi connectivity index (χ0v) is 13.6. The molecule has 0 heterocycles. The van der Waals surface area contributed by atoms with Gasteiger partial charge in [0.1, 0.15) is 24.7 Å². The number of methoxy groups -OCH3 is 1. The molecule has 0 aliphatic rings. The van der Waals surface area contributed by atoms with Gasteiger partial charge in [-0.2, -0.15) is 0 Å². The summed E-state index contributed by atoms with van der Waals surface area (Å²) in [5.41, 5.74) is 1.92. The lowest BCUT2D eigenvalue weighted by molar-refractivity contribution is -0.138. The molecule has 0 bridgehead atoms. The van der Waals surface area contributed by atoms with E-state index < -0.39 is 5.97 Å². The van der Waals surface area contributed by atoms with E-state index in [1.165, 1.54) is 6.08 Å². The maximum Gasteiger partial charge on any atom is 0.330 e. The predicted octanol–water partition coefficient (Wildman–Crippen LogP) is 3.97. The van der Waals surface area contributed by atoms with Crippen molar-refractivity contribution < 1.29 is 19.0 Å². The molecule has 0 saturated carbocycles. The third-order valence-electron chi connectivity index (χ3n) is 3.24. The number of benzene rings is 2. The van der Waals surface area contributed by atoms with Crippen molar-refractivity contribution in [2.45, 2.75) is 0 Å². The molecule has 124 valence electrons. The minimum absolute atomic E-state index is 0.189. The van der Waals surface area contributed by atoms with Crippen molar-refractivity contribution in [3.8, 4) is 11.5 Å². The lowest BCUT2D eigenvalue weighted by atomic mass is 10.2. The van der Waals surface area contributed by atoms with Crippen LogP contribution in [-0.2, 0) is 9.53 Å². The molecule has 0 amide bonds. The van der Waals surface area contributed by atoms with Crippen LogP contribution in [0.3, 0.4) is 0 Å². The zero-order valence-electron chi connectivity index (χ0n) is 13.6. The molecule has 2 aromatic rings. The number of hydrogen-bond acceptors (Lipinski definition) is 4. The number of esters is 1. The number of hydrogen-bond donors (Lipinski definition) is 0. The molecule has 4 nitrogen and oxygen atoms in total. The van der Waals surface area contributed by atoms with Crippen LogP contribution >= 0.6 is 0 Å². The maximum atomic E-state index is 11.6. The maximum absolute atomic E-state index is 11.6. The van der Waals surface area contributed by atoms with Crippen molar-refractivity contribution in [1.82, 2.24) is 0 Å². The van der Waals surface area contributed by atoms with Crippen molar-refractivity contribution in [3.63, 3.8) is 0 Å². The van der Waals surface area contributed by atoms with E-state index in [0.717, 1.165) is 22.6 Å². The van der Waals surface area contributed by atoms with Crippen LogP contribution in [0.2, 0.25) is 0 Å². The molecule has 24 heavy (non-hydrogen) atoms. The van der Waals surface area contributed by atoms with E-state index >= 15 is 0 Å². The first-order valence-corrected chi connectivity index (χ1v) is 7.55. The van der Waals surface area contributed by atoms with Gasteiger partial charge in [-0.05, 0) is 41.5 Å². The van der Waals surface area contributed by atoms with Gasteiger partial charge in [-0.1, -0.05) is 36.9 Å². The largest absolute Gasteiger partial charge is 0.497 e. The SMILES string of the molecule is C=Cc1ccc(OCCOC(=O)/C=C/c2ccc(OC)cc2)cc1. The Morgan fingerprint density at radius 3 is 2.21 bits per heavy atom. The van der Waals surface area contributed by atoms with E-state index in [9.17, 15) is 4.79 Å². The molecular weight excluding hydrogens is 304 g/mol. The average Bonchev–Trinajstić information content (AvgIpc) is 2.64. The van der Waals surface area contributed by atoms with E-state index in [1.54, 1.807) is 19.3 Å². The number of rotatable bonds is 8. The second kappa shape index (κ2) is 9.20. The topological polar surface area (TPSA) is 44.8 Å². The molecule has 0 fully saturated rings. The summed E-state index contributed by atoms with van der Waals surface area (Å²) in [7, 11) is 1.61. The van der Waals surface area contributed by atoms with Gasteiger partial charge in [0.05, 0.1) is 7.11 Å². The van der Waals surface area contributed by atoms with Crippen LogP contribution in [0.4, 0.5) is 0 Å². The fourth-order valence-electron chi connectivity index (χ4n) is 1.93. The first-order valence-electron chi connectivity index (χ1n) is 7.55. The molecule has 0 aliphatic carbocycles. The summed E-state index contributed by atoms with van der Waals surface area (Å²) in [5.74, 6) is 1.09. The second-order valence-electron chi connectivity index (χ2n) is 4.90. The first-order chi connectivity index (χ1) is 11.7. The summed E-state index contributed by atoms with van der Waals surface area (Å²) < 4.78 is 15.7. The van der Waals surface area contributed by atoms with Crippen molar-refractivity contribution >= 4 is 18.1 Å². The van der Waals surface area contributed by atoms with Crippen LogP contribution in [0.15, 0.2) is 61.2 Å². The molecule has 0 saturated heterocycles. The highest BCUT2D eigenvalue weighted by atomic mass is 16.6. The summed E-state index contributed by atoms with van der Waals surface area (Å²) in [6, 6.07) is 14.9. The van der Waals surface area contributed by atoms with Crippen molar-refractivity contribution in [2.24, 2.45) is 0 Å². The van der Waals surface area contributed by atoms with Crippen LogP contribution < -0.4 is 9.47 Å². The quantitative estimate of drug-likeness (QED) is 0.419. The molecule has 0 spiro atoms. The minimum Gasteiger partial charge on any atom is -0.497 e. The van der Waals surface area contributed by atoms with E-state index in [-0.39, 0.29) is 6.61 Å². The highest BCUT2D eigenvalue weighted by Crippen LogP contribution is 2.13. The first kappa shape index (κ1) is 17.3. The van der Waals surface area contributed by atoms with Gasteiger partial charge in [0.25, 0.3) is 0 Å². The Kier molecular flexibility index (Phi) is 6.65. The number of carbonyl (C=O) groups is 1. The lowest BCUT2D eigenvalue weighted by Gasteiger charge is -2.06. The Labute approximate surface area is 142 Å². The smallest absolute Gasteiger partial charge is 0.330 e. The van der Waals surface area contributed by atoms with Gasteiger partial charge in [-0.25, -0.2) is 4.79 Å². The summed E-state index contributed by atoms with van der Waals surface area (Å²) in [6.07, 6.45) is 4.85. The summed E-state index contributed by atoms with van der Waals surface area (Å²) >= 11 is 0. The predicted molar refractivity (Wildman–Crippen MR) is 95.0 cm³/mol. The van der Waals surface area contributed by atoms with E-state index in [4.69, 9.17) is 14.2 Å². The van der Waals surface area contributed by atoms with Crippen LogP contribution in [0.25, 0.3) is 12.2 Å². The Bertz CT molecular complexity index is 685. The highest BCUT2D eigenvalue weighted by molar-refractivity contribution is 5.87. The molecule has 4 heteroatoms. The van der Waals surface area contributed by atoms with Crippen LogP contribution in [0, 0.1) is 0 Å². The number of carbonyl (C=O) groups excluding carboxylic acids is 1. The fourth-order valence-corrected chi connectivity index (χ4v) is 1.93. The van der Waals surface area contributed by atoms with Gasteiger partial charge < -0.3 is 14.2 Å². The monoisotopic (exact) mass is 324 g/mol. The Balaban J connectivity index is 1.70. The lowest BCUT2D eigenvalue weighted by Crippen LogP contribution is -2.10. The molecule has 0 unspecified atom stereocenters. The molecule has 0 aliphatic heterocycles. The zero-order chi connectivity index (χ0) is 17.2. The normalized spacial score (nSPS) is 10.4. The summed E-state index contributed by atoms with van der Waals surface area (Å²) in [4.78, 5) is 11.6. The van der Waals surface area contributed by atoms with Crippen molar-refractivity contribution in [2.75, 3.05) is 20.3 Å². The van der Waals surface area contributed by atoms with Crippen molar-refractivity contribution in [3.05, 3.63) is 72.3 Å². The van der Waals surface area contributed by atoms with Crippen LogP contribution in [-0.4, -0.2) is 26.3 Å². The summed E-state index contributed by atoms with van der Waals surface area (Å²) in [6.45, 7) is 4.18. The van der Waals surface area contributed by atoms with E-state index in [0.29, 0.717) is 6.61 Å². The summed E-state index contributed by atoms with van der Waals surface area (Å²) in [5, 5.41) is 0. The molecule has 2 rings (SSSR count). The fraction of sp³-hybridized carbons (Fsp3) is 0.150. The van der Waals surface area contributed by atoms with Gasteiger partial charge in [-0.3, -0.25) is 0 Å². The van der Waals surface area contributed by atoms with Gasteiger partial charge >= 0.3 is 5.97 Å². The standard InChI is InChI=1S/C20H20O4/c1-3-16-4-11-19(12-5-16)23-14-15-24-20(21)13-8-17-6-9-18(22-2)10-7-17/h3-13H,1,14-15H2,2H3/b13-8+. The van der Waals surface area contributed by atoms with Gasteiger partial charge in [0, 0.05) is 6.08 Å². The van der Waals surface area contributed by atoms with Crippen molar-refractivity contribution in [1.29, 1.82) is 0 Å². The van der Waals surface area contributed by atoms with Crippen LogP contribution in [0.5, 0.6) is 11.5 Å². The second-order valence-corrected chi connectivity index (χ2v) is 4.90. The molecule has 0 radical (unpaired) electrons. The highest BCUT2D eigenvalue weighted by Gasteiger charge is 1.99. The van der Waals surface area contributed by atoms with Gasteiger partial charge in [0.2, 0.25) is 0 Å². The van der Waals surface area contributed by atoms with E-state index in [1.807, 2.05) is 48.5 Å². The molecule has 0 N–H and O–H groups in total. The van der Waals surface area contributed by atoms with Crippen LogP contribution in [0.1, 0.15) is 11.1 Å². The average molecular weight is 324 g/mol. The molecule has 0 atom stereocenters. The van der Waals surface area contributed by atoms with Gasteiger partial charge in [0.15, 0.2) is 0 Å².